The van der Waals surface area contributed by atoms with Crippen molar-refractivity contribution < 1.29 is 18.8 Å². The van der Waals surface area contributed by atoms with Crippen molar-refractivity contribution in [2.75, 3.05) is 0 Å². The van der Waals surface area contributed by atoms with Gasteiger partial charge in [-0.3, -0.25) is 10.1 Å². The molecule has 1 fully saturated rings. The lowest BCUT2D eigenvalue weighted by molar-refractivity contribution is -0.385. The van der Waals surface area contributed by atoms with Gasteiger partial charge < -0.3 is 10.1 Å². The maximum absolute atomic E-state index is 13.7. The standard InChI is InChI=1S/C11H11FN2O4/c1-11(2)9(13-10(15)18-11)7-5-6(14(16)17)3-4-8(7)12/h3-5,9H,1-2H3,(H,13,15). The zero-order valence-electron chi connectivity index (χ0n) is 9.77. The highest BCUT2D eigenvalue weighted by molar-refractivity contribution is 5.71. The highest BCUT2D eigenvalue weighted by Gasteiger charge is 2.43. The number of rotatable bonds is 2. The molecule has 0 spiro atoms. The average Bonchev–Trinajstić information content (AvgIpc) is 2.52. The van der Waals surface area contributed by atoms with Crippen molar-refractivity contribution >= 4 is 11.8 Å². The van der Waals surface area contributed by atoms with Crippen LogP contribution in [0.4, 0.5) is 14.9 Å². The minimum Gasteiger partial charge on any atom is -0.441 e. The molecule has 0 saturated carbocycles. The number of hydrogen-bond donors (Lipinski definition) is 1. The number of non-ortho nitro benzene ring substituents is 1. The Kier molecular flexibility index (Phi) is 2.68. The van der Waals surface area contributed by atoms with Crippen LogP contribution in [0, 0.1) is 15.9 Å². The lowest BCUT2D eigenvalue weighted by atomic mass is 9.92. The molecule has 6 nitrogen and oxygen atoms in total. The minimum absolute atomic E-state index is 0.0417. The molecule has 1 saturated heterocycles. The van der Waals surface area contributed by atoms with Crippen molar-refractivity contribution in [3.63, 3.8) is 0 Å². The number of alkyl carbamates (subject to hydrolysis) is 1. The molecule has 1 aliphatic heterocycles. The predicted molar refractivity (Wildman–Crippen MR) is 59.5 cm³/mol. The average molecular weight is 254 g/mol. The van der Waals surface area contributed by atoms with E-state index in [0.717, 1.165) is 18.2 Å². The molecule has 0 aliphatic carbocycles. The van der Waals surface area contributed by atoms with Crippen molar-refractivity contribution in [2.24, 2.45) is 0 Å². The van der Waals surface area contributed by atoms with Gasteiger partial charge in [0.15, 0.2) is 0 Å². The third-order valence-electron chi connectivity index (χ3n) is 2.81. The second-order valence-electron chi connectivity index (χ2n) is 4.53. The van der Waals surface area contributed by atoms with Gasteiger partial charge in [-0.05, 0) is 19.9 Å². The van der Waals surface area contributed by atoms with Crippen molar-refractivity contribution in [3.05, 3.63) is 39.7 Å². The highest BCUT2D eigenvalue weighted by atomic mass is 19.1. The maximum atomic E-state index is 13.7. The van der Waals surface area contributed by atoms with Crippen LogP contribution in [0.2, 0.25) is 0 Å². The molecule has 1 N–H and O–H groups in total. The van der Waals surface area contributed by atoms with Gasteiger partial charge in [0.2, 0.25) is 0 Å². The SMILES string of the molecule is CC1(C)OC(=O)NC1c1cc([N+](=O)[O-])ccc1F. The molecule has 1 aromatic carbocycles. The minimum atomic E-state index is -0.965. The van der Waals surface area contributed by atoms with E-state index in [1.165, 1.54) is 0 Å². The first kappa shape index (κ1) is 12.3. The van der Waals surface area contributed by atoms with Crippen LogP contribution < -0.4 is 5.32 Å². The van der Waals surface area contributed by atoms with Gasteiger partial charge in [-0.2, -0.15) is 0 Å². The second kappa shape index (κ2) is 3.94. The Morgan fingerprint density at radius 3 is 2.67 bits per heavy atom. The normalized spacial score (nSPS) is 21.3. The molecular formula is C11H11FN2O4. The van der Waals surface area contributed by atoms with E-state index in [1.807, 2.05) is 0 Å². The Morgan fingerprint density at radius 2 is 2.17 bits per heavy atom. The Balaban J connectivity index is 2.47. The van der Waals surface area contributed by atoms with Crippen LogP contribution in [-0.2, 0) is 4.74 Å². The van der Waals surface area contributed by atoms with E-state index < -0.39 is 28.5 Å². The van der Waals surface area contributed by atoms with Gasteiger partial charge in [0.1, 0.15) is 11.4 Å². The van der Waals surface area contributed by atoms with Gasteiger partial charge in [0.05, 0.1) is 11.0 Å². The molecular weight excluding hydrogens is 243 g/mol. The smallest absolute Gasteiger partial charge is 0.408 e. The molecule has 1 aliphatic rings. The number of hydrogen-bond acceptors (Lipinski definition) is 4. The van der Waals surface area contributed by atoms with Gasteiger partial charge in [-0.15, -0.1) is 0 Å². The number of nitro groups is 1. The second-order valence-corrected chi connectivity index (χ2v) is 4.53. The summed E-state index contributed by atoms with van der Waals surface area (Å²) in [6.07, 6.45) is -0.670. The van der Waals surface area contributed by atoms with Gasteiger partial charge in [0.25, 0.3) is 5.69 Å². The maximum Gasteiger partial charge on any atom is 0.408 e. The first-order chi connectivity index (χ1) is 8.31. The summed E-state index contributed by atoms with van der Waals surface area (Å²) in [5.74, 6) is -0.621. The van der Waals surface area contributed by atoms with Crippen LogP contribution >= 0.6 is 0 Å². The summed E-state index contributed by atoms with van der Waals surface area (Å²) in [6, 6.07) is 2.43. The Bertz CT molecular complexity index is 530. The first-order valence-corrected chi connectivity index (χ1v) is 5.24. The zero-order chi connectivity index (χ0) is 13.5. The highest BCUT2D eigenvalue weighted by Crippen LogP contribution is 2.36. The third kappa shape index (κ3) is 1.99. The molecule has 1 heterocycles. The van der Waals surface area contributed by atoms with E-state index in [-0.39, 0.29) is 11.3 Å². The van der Waals surface area contributed by atoms with Crippen LogP contribution in [0.15, 0.2) is 18.2 Å². The molecule has 2 rings (SSSR count). The molecule has 0 aromatic heterocycles. The van der Waals surface area contributed by atoms with Gasteiger partial charge >= 0.3 is 6.09 Å². The van der Waals surface area contributed by atoms with Crippen LogP contribution in [0.3, 0.4) is 0 Å². The largest absolute Gasteiger partial charge is 0.441 e. The van der Waals surface area contributed by atoms with E-state index in [9.17, 15) is 19.3 Å². The number of carbonyl (C=O) groups excluding carboxylic acids is 1. The summed E-state index contributed by atoms with van der Waals surface area (Å²) in [5, 5.41) is 13.1. The Morgan fingerprint density at radius 1 is 1.50 bits per heavy atom. The zero-order valence-corrected chi connectivity index (χ0v) is 9.77. The number of nitro benzene ring substituents is 1. The summed E-state index contributed by atoms with van der Waals surface area (Å²) in [6.45, 7) is 3.21. The molecule has 7 heteroatoms. The summed E-state index contributed by atoms with van der Waals surface area (Å²) < 4.78 is 18.7. The van der Waals surface area contributed by atoms with Crippen LogP contribution in [-0.4, -0.2) is 16.6 Å². The lowest BCUT2D eigenvalue weighted by Crippen LogP contribution is -2.31. The molecule has 18 heavy (non-hydrogen) atoms. The topological polar surface area (TPSA) is 81.5 Å². The Hall–Kier alpha value is -2.18. The van der Waals surface area contributed by atoms with Gasteiger partial charge in [-0.25, -0.2) is 9.18 Å². The molecule has 0 radical (unpaired) electrons. The van der Waals surface area contributed by atoms with E-state index in [0.29, 0.717) is 0 Å². The van der Waals surface area contributed by atoms with Crippen LogP contribution in [0.5, 0.6) is 0 Å². The monoisotopic (exact) mass is 254 g/mol. The van der Waals surface area contributed by atoms with E-state index in [2.05, 4.69) is 5.32 Å². The summed E-state index contributed by atoms with van der Waals surface area (Å²) in [4.78, 5) is 21.2. The molecule has 1 atom stereocenters. The number of ether oxygens (including phenoxy) is 1. The number of halogens is 1. The third-order valence-corrected chi connectivity index (χ3v) is 2.81. The number of nitrogens with one attached hydrogen (secondary N) is 1. The first-order valence-electron chi connectivity index (χ1n) is 5.24. The number of benzene rings is 1. The van der Waals surface area contributed by atoms with Crippen molar-refractivity contribution in [1.29, 1.82) is 0 Å². The molecule has 0 bridgehead atoms. The summed E-state index contributed by atoms with van der Waals surface area (Å²) in [5.41, 5.74) is -1.16. The molecule has 1 unspecified atom stereocenters. The fraction of sp³-hybridized carbons (Fsp3) is 0.364. The van der Waals surface area contributed by atoms with E-state index >= 15 is 0 Å². The molecule has 96 valence electrons. The lowest BCUT2D eigenvalue weighted by Gasteiger charge is -2.23. The van der Waals surface area contributed by atoms with Gasteiger partial charge in [0, 0.05) is 17.7 Å². The fourth-order valence-corrected chi connectivity index (χ4v) is 1.94. The predicted octanol–water partition coefficient (Wildman–Crippen LogP) is 2.29. The molecule has 1 amide bonds. The van der Waals surface area contributed by atoms with Crippen LogP contribution in [0.1, 0.15) is 25.5 Å². The quantitative estimate of drug-likeness (QED) is 0.648. The van der Waals surface area contributed by atoms with Gasteiger partial charge in [-0.1, -0.05) is 0 Å². The van der Waals surface area contributed by atoms with E-state index in [4.69, 9.17) is 4.74 Å². The number of cyclic esters (lactones) is 1. The number of carbonyl (C=O) groups is 1. The number of amides is 1. The van der Waals surface area contributed by atoms with Crippen LogP contribution in [0.25, 0.3) is 0 Å². The van der Waals surface area contributed by atoms with Crippen molar-refractivity contribution in [1.82, 2.24) is 5.32 Å². The molecule has 1 aromatic rings. The van der Waals surface area contributed by atoms with Crippen molar-refractivity contribution in [3.8, 4) is 0 Å². The van der Waals surface area contributed by atoms with E-state index in [1.54, 1.807) is 13.8 Å². The van der Waals surface area contributed by atoms with Crippen molar-refractivity contribution in [2.45, 2.75) is 25.5 Å². The summed E-state index contributed by atoms with van der Waals surface area (Å²) >= 11 is 0. The Labute approximate surface area is 102 Å². The summed E-state index contributed by atoms with van der Waals surface area (Å²) in [7, 11) is 0. The fourth-order valence-electron chi connectivity index (χ4n) is 1.94. The number of nitrogens with zero attached hydrogens (tertiary/aromatic N) is 1.